The zero-order valence-corrected chi connectivity index (χ0v) is 14.4. The van der Waals surface area contributed by atoms with Crippen LogP contribution in [0.5, 0.6) is 0 Å². The molecule has 0 bridgehead atoms. The molecule has 1 aromatic heterocycles. The van der Waals surface area contributed by atoms with Crippen LogP contribution in [-0.2, 0) is 10.0 Å². The lowest BCUT2D eigenvalue weighted by atomic mass is 9.98. The maximum absolute atomic E-state index is 12.8. The molecular formula is C15H22N2O3S2. The Labute approximate surface area is 135 Å². The predicted octanol–water partition coefficient (Wildman–Crippen LogP) is 2.03. The van der Waals surface area contributed by atoms with Gasteiger partial charge in [-0.3, -0.25) is 4.79 Å². The highest BCUT2D eigenvalue weighted by molar-refractivity contribution is 7.88. The number of nitrogens with one attached hydrogen (secondary N) is 1. The number of sulfonamides is 1. The minimum atomic E-state index is -3.17. The molecule has 22 heavy (non-hydrogen) atoms. The third kappa shape index (κ3) is 3.88. The van der Waals surface area contributed by atoms with Crippen molar-refractivity contribution in [2.75, 3.05) is 25.9 Å². The lowest BCUT2D eigenvalue weighted by Crippen LogP contribution is -2.43. The van der Waals surface area contributed by atoms with E-state index in [1.807, 2.05) is 10.3 Å². The van der Waals surface area contributed by atoms with Gasteiger partial charge in [-0.1, -0.05) is 0 Å². The van der Waals surface area contributed by atoms with E-state index in [9.17, 15) is 13.2 Å². The van der Waals surface area contributed by atoms with Gasteiger partial charge in [-0.25, -0.2) is 13.1 Å². The van der Waals surface area contributed by atoms with Crippen molar-refractivity contribution in [3.63, 3.8) is 0 Å². The highest BCUT2D eigenvalue weighted by Gasteiger charge is 2.32. The zero-order valence-electron chi connectivity index (χ0n) is 12.7. The Hall–Kier alpha value is -0.920. The number of rotatable bonds is 5. The van der Waals surface area contributed by atoms with Crippen LogP contribution in [0.4, 0.5) is 0 Å². The number of hydrogen-bond acceptors (Lipinski definition) is 4. The molecule has 1 aliphatic carbocycles. The van der Waals surface area contributed by atoms with Crippen molar-refractivity contribution in [1.82, 2.24) is 9.62 Å². The molecule has 0 spiro atoms. The van der Waals surface area contributed by atoms with E-state index in [1.54, 1.807) is 0 Å². The van der Waals surface area contributed by atoms with Crippen molar-refractivity contribution in [2.45, 2.75) is 31.6 Å². The largest absolute Gasteiger partial charge is 0.338 e. The van der Waals surface area contributed by atoms with Gasteiger partial charge in [0.1, 0.15) is 0 Å². The van der Waals surface area contributed by atoms with E-state index in [0.29, 0.717) is 19.0 Å². The molecule has 2 fully saturated rings. The van der Waals surface area contributed by atoms with Crippen molar-refractivity contribution in [3.8, 4) is 0 Å². The number of thiophene rings is 1. The van der Waals surface area contributed by atoms with E-state index in [0.717, 1.165) is 24.3 Å². The lowest BCUT2D eigenvalue weighted by molar-refractivity contribution is 0.0680. The summed E-state index contributed by atoms with van der Waals surface area (Å²) in [6.07, 6.45) is 5.46. The van der Waals surface area contributed by atoms with Gasteiger partial charge in [-0.15, -0.1) is 11.3 Å². The molecule has 2 heterocycles. The molecule has 122 valence electrons. The maximum Gasteiger partial charge on any atom is 0.264 e. The Morgan fingerprint density at radius 2 is 2.18 bits per heavy atom. The zero-order chi connectivity index (χ0) is 15.7. The fraction of sp³-hybridized carbons (Fsp3) is 0.667. The van der Waals surface area contributed by atoms with Crippen molar-refractivity contribution in [2.24, 2.45) is 5.92 Å². The third-order valence-corrected chi connectivity index (χ3v) is 5.96. The third-order valence-electron chi connectivity index (χ3n) is 4.35. The van der Waals surface area contributed by atoms with Gasteiger partial charge in [-0.05, 0) is 54.5 Å². The molecule has 5 nitrogen and oxygen atoms in total. The second-order valence-corrected chi connectivity index (χ2v) is 9.11. The van der Waals surface area contributed by atoms with Crippen LogP contribution in [0.15, 0.2) is 11.4 Å². The molecule has 1 aromatic rings. The highest BCUT2D eigenvalue weighted by atomic mass is 32.2. The van der Waals surface area contributed by atoms with Gasteiger partial charge in [0.25, 0.3) is 5.91 Å². The number of piperidine rings is 1. The first kappa shape index (κ1) is 16.0. The summed E-state index contributed by atoms with van der Waals surface area (Å²) in [5.74, 6) is 0.912. The molecule has 3 rings (SSSR count). The molecule has 1 atom stereocenters. The smallest absolute Gasteiger partial charge is 0.264 e. The molecule has 1 saturated heterocycles. The van der Waals surface area contributed by atoms with Crippen LogP contribution in [0.25, 0.3) is 0 Å². The molecule has 2 aliphatic rings. The van der Waals surface area contributed by atoms with Crippen molar-refractivity contribution < 1.29 is 13.2 Å². The standard InChI is InChI=1S/C15H22N2O3S2/c1-22(19,20)16-9-11-3-2-7-17(10-11)15(18)14-13(6-8-21-14)12-4-5-12/h6,8,11-12,16H,2-5,7,9-10H2,1H3/t11-/m0/s1. The van der Waals surface area contributed by atoms with Gasteiger partial charge in [-0.2, -0.15) is 0 Å². The quantitative estimate of drug-likeness (QED) is 0.890. The van der Waals surface area contributed by atoms with Crippen LogP contribution in [0.2, 0.25) is 0 Å². The SMILES string of the molecule is CS(=O)(=O)NC[C@@H]1CCCN(C(=O)c2sccc2C2CC2)C1. The molecular weight excluding hydrogens is 320 g/mol. The van der Waals surface area contributed by atoms with Crippen LogP contribution in [0.1, 0.15) is 46.8 Å². The summed E-state index contributed by atoms with van der Waals surface area (Å²) in [5.41, 5.74) is 1.21. The van der Waals surface area contributed by atoms with E-state index in [4.69, 9.17) is 0 Å². The predicted molar refractivity (Wildman–Crippen MR) is 87.8 cm³/mol. The summed E-state index contributed by atoms with van der Waals surface area (Å²) in [6, 6.07) is 2.09. The molecule has 0 unspecified atom stereocenters. The average Bonchev–Trinajstić information content (AvgIpc) is 3.21. The Kier molecular flexibility index (Phi) is 4.56. The van der Waals surface area contributed by atoms with E-state index >= 15 is 0 Å². The van der Waals surface area contributed by atoms with E-state index in [-0.39, 0.29) is 11.8 Å². The van der Waals surface area contributed by atoms with Gasteiger partial charge in [0.15, 0.2) is 0 Å². The second kappa shape index (κ2) is 6.29. The van der Waals surface area contributed by atoms with Crippen LogP contribution in [0, 0.1) is 5.92 Å². The number of nitrogens with zero attached hydrogens (tertiary/aromatic N) is 1. The van der Waals surface area contributed by atoms with Crippen molar-refractivity contribution in [3.05, 3.63) is 21.9 Å². The summed E-state index contributed by atoms with van der Waals surface area (Å²) >= 11 is 1.54. The topological polar surface area (TPSA) is 66.5 Å². The Morgan fingerprint density at radius 3 is 2.86 bits per heavy atom. The monoisotopic (exact) mass is 342 g/mol. The number of carbonyl (C=O) groups is 1. The van der Waals surface area contributed by atoms with Gasteiger partial charge in [0, 0.05) is 19.6 Å². The minimum Gasteiger partial charge on any atom is -0.338 e. The Balaban J connectivity index is 1.63. The van der Waals surface area contributed by atoms with Gasteiger partial charge in [0.2, 0.25) is 10.0 Å². The summed E-state index contributed by atoms with van der Waals surface area (Å²) < 4.78 is 25.0. The average molecular weight is 342 g/mol. The highest BCUT2D eigenvalue weighted by Crippen LogP contribution is 2.43. The normalized spacial score (nSPS) is 22.8. The first-order chi connectivity index (χ1) is 10.4. The fourth-order valence-corrected chi connectivity index (χ4v) is 4.53. The van der Waals surface area contributed by atoms with Gasteiger partial charge in [0.05, 0.1) is 11.1 Å². The van der Waals surface area contributed by atoms with Crippen molar-refractivity contribution >= 4 is 27.3 Å². The first-order valence-corrected chi connectivity index (χ1v) is 10.5. The summed E-state index contributed by atoms with van der Waals surface area (Å²) in [6.45, 7) is 1.84. The fourth-order valence-electron chi connectivity index (χ4n) is 3.04. The molecule has 1 amide bonds. The molecule has 1 N–H and O–H groups in total. The maximum atomic E-state index is 12.8. The molecule has 1 saturated carbocycles. The Bertz CT molecular complexity index is 649. The van der Waals surface area contributed by atoms with Crippen LogP contribution in [-0.4, -0.2) is 45.1 Å². The number of hydrogen-bond donors (Lipinski definition) is 1. The number of likely N-dealkylation sites (tertiary alicyclic amines) is 1. The number of amides is 1. The lowest BCUT2D eigenvalue weighted by Gasteiger charge is -2.32. The molecule has 7 heteroatoms. The number of carbonyl (C=O) groups excluding carboxylic acids is 1. The van der Waals surface area contributed by atoms with Crippen LogP contribution >= 0.6 is 11.3 Å². The van der Waals surface area contributed by atoms with Gasteiger partial charge < -0.3 is 4.90 Å². The minimum absolute atomic E-state index is 0.126. The second-order valence-electron chi connectivity index (χ2n) is 6.36. The molecule has 0 radical (unpaired) electrons. The van der Waals surface area contributed by atoms with Crippen molar-refractivity contribution in [1.29, 1.82) is 0 Å². The van der Waals surface area contributed by atoms with E-state index < -0.39 is 10.0 Å². The van der Waals surface area contributed by atoms with Crippen LogP contribution in [0.3, 0.4) is 0 Å². The van der Waals surface area contributed by atoms with Crippen LogP contribution < -0.4 is 4.72 Å². The van der Waals surface area contributed by atoms with Gasteiger partial charge >= 0.3 is 0 Å². The first-order valence-electron chi connectivity index (χ1n) is 7.75. The van der Waals surface area contributed by atoms with E-state index in [2.05, 4.69) is 10.8 Å². The van der Waals surface area contributed by atoms with E-state index in [1.165, 1.54) is 36.0 Å². The summed E-state index contributed by atoms with van der Waals surface area (Å²) in [5, 5.41) is 2.01. The molecule has 1 aliphatic heterocycles. The summed E-state index contributed by atoms with van der Waals surface area (Å²) in [4.78, 5) is 15.5. The molecule has 0 aromatic carbocycles. The summed E-state index contributed by atoms with van der Waals surface area (Å²) in [7, 11) is -3.17. The Morgan fingerprint density at radius 1 is 1.41 bits per heavy atom.